The Bertz CT molecular complexity index is 510. The average Bonchev–Trinajstić information content (AvgIpc) is 2.86. The van der Waals surface area contributed by atoms with Gasteiger partial charge < -0.3 is 5.73 Å². The summed E-state index contributed by atoms with van der Waals surface area (Å²) in [5, 5.41) is 0.806. The number of benzene rings is 1. The SMILES string of the molecule is Nc1scnc1-c1ccc(C2CCCCC2)cc1. The Morgan fingerprint density at radius 3 is 2.39 bits per heavy atom. The van der Waals surface area contributed by atoms with Gasteiger partial charge in [0.05, 0.1) is 5.51 Å². The predicted molar refractivity (Wildman–Crippen MR) is 77.8 cm³/mol. The summed E-state index contributed by atoms with van der Waals surface area (Å²) in [4.78, 5) is 4.32. The lowest BCUT2D eigenvalue weighted by Gasteiger charge is -2.22. The molecule has 2 aromatic rings. The van der Waals surface area contributed by atoms with Gasteiger partial charge in [-0.3, -0.25) is 0 Å². The molecule has 0 atom stereocenters. The molecule has 0 amide bonds. The van der Waals surface area contributed by atoms with Crippen LogP contribution < -0.4 is 5.73 Å². The van der Waals surface area contributed by atoms with Crippen molar-refractivity contribution in [2.75, 3.05) is 5.73 Å². The first-order valence-corrected chi connectivity index (χ1v) is 7.52. The van der Waals surface area contributed by atoms with Crippen LogP contribution in [-0.2, 0) is 0 Å². The highest BCUT2D eigenvalue weighted by Crippen LogP contribution is 2.34. The van der Waals surface area contributed by atoms with E-state index in [0.29, 0.717) is 0 Å². The van der Waals surface area contributed by atoms with Gasteiger partial charge in [0, 0.05) is 5.56 Å². The van der Waals surface area contributed by atoms with E-state index < -0.39 is 0 Å². The lowest BCUT2D eigenvalue weighted by atomic mass is 9.84. The summed E-state index contributed by atoms with van der Waals surface area (Å²) in [6.07, 6.45) is 6.86. The molecule has 1 fully saturated rings. The second-order valence-electron chi connectivity index (χ2n) is 5.02. The van der Waals surface area contributed by atoms with Crippen LogP contribution in [-0.4, -0.2) is 4.98 Å². The molecular weight excluding hydrogens is 240 g/mol. The molecule has 2 nitrogen and oxygen atoms in total. The molecule has 0 bridgehead atoms. The van der Waals surface area contributed by atoms with Crippen LogP contribution >= 0.6 is 11.3 Å². The van der Waals surface area contributed by atoms with Gasteiger partial charge in [-0.15, -0.1) is 11.3 Å². The Morgan fingerprint density at radius 1 is 1.06 bits per heavy atom. The Labute approximate surface area is 112 Å². The molecule has 1 heterocycles. The third-order valence-corrected chi connectivity index (χ3v) is 4.51. The number of nitrogens with zero attached hydrogens (tertiary/aromatic N) is 1. The molecular formula is C15H18N2S. The van der Waals surface area contributed by atoms with Crippen molar-refractivity contribution in [1.29, 1.82) is 0 Å². The van der Waals surface area contributed by atoms with Crippen LogP contribution in [0.2, 0.25) is 0 Å². The van der Waals surface area contributed by atoms with E-state index in [2.05, 4.69) is 29.2 Å². The first kappa shape index (κ1) is 11.7. The quantitative estimate of drug-likeness (QED) is 0.865. The molecule has 3 rings (SSSR count). The largest absolute Gasteiger partial charge is 0.389 e. The highest BCUT2D eigenvalue weighted by molar-refractivity contribution is 7.14. The van der Waals surface area contributed by atoms with E-state index >= 15 is 0 Å². The molecule has 1 aromatic carbocycles. The molecule has 0 spiro atoms. The molecule has 1 aromatic heterocycles. The topological polar surface area (TPSA) is 38.9 Å². The number of thiazole rings is 1. The van der Waals surface area contributed by atoms with Crippen LogP contribution in [0.1, 0.15) is 43.6 Å². The van der Waals surface area contributed by atoms with E-state index in [9.17, 15) is 0 Å². The standard InChI is InChI=1S/C15H18N2S/c16-15-14(17-10-18-15)13-8-6-12(7-9-13)11-4-2-1-3-5-11/h6-11H,1-5,16H2. The van der Waals surface area contributed by atoms with Crippen LogP contribution in [0.3, 0.4) is 0 Å². The normalized spacial score (nSPS) is 16.9. The van der Waals surface area contributed by atoms with Crippen molar-refractivity contribution in [3.63, 3.8) is 0 Å². The minimum absolute atomic E-state index is 0.764. The van der Waals surface area contributed by atoms with Gasteiger partial charge in [0.25, 0.3) is 0 Å². The number of rotatable bonds is 2. The van der Waals surface area contributed by atoms with E-state index in [-0.39, 0.29) is 0 Å². The molecule has 1 aliphatic carbocycles. The van der Waals surface area contributed by atoms with Crippen molar-refractivity contribution in [3.8, 4) is 11.3 Å². The third-order valence-electron chi connectivity index (χ3n) is 3.86. The van der Waals surface area contributed by atoms with Crippen LogP contribution in [0.5, 0.6) is 0 Å². The second-order valence-corrected chi connectivity index (χ2v) is 5.91. The molecule has 2 N–H and O–H groups in total. The monoisotopic (exact) mass is 258 g/mol. The molecule has 18 heavy (non-hydrogen) atoms. The van der Waals surface area contributed by atoms with Crippen molar-refractivity contribution in [2.24, 2.45) is 0 Å². The van der Waals surface area contributed by atoms with Crippen LogP contribution in [0.4, 0.5) is 5.00 Å². The summed E-state index contributed by atoms with van der Waals surface area (Å²) in [7, 11) is 0. The van der Waals surface area contributed by atoms with Gasteiger partial charge in [-0.05, 0) is 24.3 Å². The summed E-state index contributed by atoms with van der Waals surface area (Å²) in [6, 6.07) is 8.83. The maximum atomic E-state index is 5.91. The number of hydrogen-bond acceptors (Lipinski definition) is 3. The van der Waals surface area contributed by atoms with E-state index in [1.54, 1.807) is 5.51 Å². The molecule has 0 aliphatic heterocycles. The highest BCUT2D eigenvalue weighted by atomic mass is 32.1. The van der Waals surface area contributed by atoms with Gasteiger partial charge in [0.2, 0.25) is 0 Å². The number of nitrogen functional groups attached to an aromatic ring is 1. The zero-order valence-electron chi connectivity index (χ0n) is 10.4. The Morgan fingerprint density at radius 2 is 1.78 bits per heavy atom. The smallest absolute Gasteiger partial charge is 0.114 e. The highest BCUT2D eigenvalue weighted by Gasteiger charge is 2.15. The van der Waals surface area contributed by atoms with E-state index in [1.165, 1.54) is 49.0 Å². The van der Waals surface area contributed by atoms with Crippen molar-refractivity contribution in [2.45, 2.75) is 38.0 Å². The van der Waals surface area contributed by atoms with E-state index in [1.807, 2.05) is 0 Å². The van der Waals surface area contributed by atoms with Gasteiger partial charge in [-0.1, -0.05) is 43.5 Å². The fourth-order valence-corrected chi connectivity index (χ4v) is 3.38. The first-order chi connectivity index (χ1) is 8.84. The zero-order chi connectivity index (χ0) is 12.4. The van der Waals surface area contributed by atoms with Crippen LogP contribution in [0.25, 0.3) is 11.3 Å². The molecule has 0 unspecified atom stereocenters. The lowest BCUT2D eigenvalue weighted by molar-refractivity contribution is 0.443. The predicted octanol–water partition coefficient (Wildman–Crippen LogP) is 4.44. The Balaban J connectivity index is 1.82. The molecule has 94 valence electrons. The average molecular weight is 258 g/mol. The molecule has 3 heteroatoms. The third kappa shape index (κ3) is 2.27. The van der Waals surface area contributed by atoms with Crippen LogP contribution in [0, 0.1) is 0 Å². The minimum atomic E-state index is 0.764. The van der Waals surface area contributed by atoms with Crippen molar-refractivity contribution in [3.05, 3.63) is 35.3 Å². The molecule has 1 aliphatic rings. The number of nitrogens with two attached hydrogens (primary N) is 1. The first-order valence-electron chi connectivity index (χ1n) is 6.64. The summed E-state index contributed by atoms with van der Waals surface area (Å²) in [5.41, 5.74) is 11.3. The maximum Gasteiger partial charge on any atom is 0.114 e. The molecule has 0 saturated heterocycles. The summed E-state index contributed by atoms with van der Waals surface area (Å²) < 4.78 is 0. The van der Waals surface area contributed by atoms with Crippen molar-refractivity contribution < 1.29 is 0 Å². The van der Waals surface area contributed by atoms with Crippen molar-refractivity contribution >= 4 is 16.3 Å². The summed E-state index contributed by atoms with van der Waals surface area (Å²) in [5.74, 6) is 0.764. The van der Waals surface area contributed by atoms with E-state index in [4.69, 9.17) is 5.73 Å². The summed E-state index contributed by atoms with van der Waals surface area (Å²) >= 11 is 1.50. The fraction of sp³-hybridized carbons (Fsp3) is 0.400. The zero-order valence-corrected chi connectivity index (χ0v) is 11.2. The van der Waals surface area contributed by atoms with E-state index in [0.717, 1.165) is 22.2 Å². The van der Waals surface area contributed by atoms with Gasteiger partial charge in [0.1, 0.15) is 10.7 Å². The number of aromatic nitrogens is 1. The number of anilines is 1. The maximum absolute atomic E-state index is 5.91. The van der Waals surface area contributed by atoms with Crippen LogP contribution in [0.15, 0.2) is 29.8 Å². The minimum Gasteiger partial charge on any atom is -0.389 e. The summed E-state index contributed by atoms with van der Waals surface area (Å²) in [6.45, 7) is 0. The van der Waals surface area contributed by atoms with Gasteiger partial charge in [0.15, 0.2) is 0 Å². The Hall–Kier alpha value is -1.35. The van der Waals surface area contributed by atoms with Gasteiger partial charge in [-0.2, -0.15) is 0 Å². The van der Waals surface area contributed by atoms with Crippen molar-refractivity contribution in [1.82, 2.24) is 4.98 Å². The molecule has 0 radical (unpaired) electrons. The van der Waals surface area contributed by atoms with Gasteiger partial charge >= 0.3 is 0 Å². The fourth-order valence-electron chi connectivity index (χ4n) is 2.82. The Kier molecular flexibility index (Phi) is 3.33. The lowest BCUT2D eigenvalue weighted by Crippen LogP contribution is -2.04. The molecule has 1 saturated carbocycles. The van der Waals surface area contributed by atoms with Gasteiger partial charge in [-0.25, -0.2) is 4.98 Å². The number of hydrogen-bond donors (Lipinski definition) is 1. The second kappa shape index (κ2) is 5.11.